The van der Waals surface area contributed by atoms with Gasteiger partial charge in [0, 0.05) is 42.0 Å². The number of nitrogens with zero attached hydrogens (tertiary/aromatic N) is 4. The number of fused-ring (bicyclic) bond motifs is 2. The number of aromatic amines is 1. The molecule has 2 aromatic heterocycles. The van der Waals surface area contributed by atoms with Crippen LogP contribution in [0.2, 0.25) is 0 Å². The van der Waals surface area contributed by atoms with E-state index < -0.39 is 0 Å². The minimum atomic E-state index is -0.133. The van der Waals surface area contributed by atoms with Gasteiger partial charge < -0.3 is 9.88 Å². The third kappa shape index (κ3) is 3.03. The van der Waals surface area contributed by atoms with Crippen LogP contribution in [0.1, 0.15) is 41.0 Å². The van der Waals surface area contributed by atoms with E-state index in [-0.39, 0.29) is 16.9 Å². The number of hydrogen-bond acceptors (Lipinski definition) is 5. The zero-order valence-corrected chi connectivity index (χ0v) is 16.0. The first-order valence-electron chi connectivity index (χ1n) is 9.91. The summed E-state index contributed by atoms with van der Waals surface area (Å²) in [6, 6.07) is 9.73. The number of aromatic nitrogens is 4. The number of benzene rings is 1. The van der Waals surface area contributed by atoms with E-state index >= 15 is 0 Å². The third-order valence-corrected chi connectivity index (χ3v) is 6.21. The van der Waals surface area contributed by atoms with E-state index in [4.69, 9.17) is 4.98 Å². The van der Waals surface area contributed by atoms with E-state index in [1.807, 2.05) is 35.2 Å². The fourth-order valence-corrected chi connectivity index (χ4v) is 4.58. The van der Waals surface area contributed by atoms with Crippen molar-refractivity contribution in [3.05, 3.63) is 76.2 Å². The lowest BCUT2D eigenvalue weighted by molar-refractivity contribution is 0.0657. The lowest BCUT2D eigenvalue weighted by Gasteiger charge is -2.39. The monoisotopic (exact) mass is 387 g/mol. The zero-order valence-electron chi connectivity index (χ0n) is 16.0. The summed E-state index contributed by atoms with van der Waals surface area (Å²) in [6.07, 6.45) is 7.85. The lowest BCUT2D eigenvalue weighted by Crippen LogP contribution is -2.45. The molecule has 3 aromatic rings. The lowest BCUT2D eigenvalue weighted by atomic mass is 9.76. The average molecular weight is 387 g/mol. The Morgan fingerprint density at radius 3 is 2.59 bits per heavy atom. The number of amides is 1. The fourth-order valence-electron chi connectivity index (χ4n) is 4.58. The van der Waals surface area contributed by atoms with E-state index in [9.17, 15) is 9.59 Å². The van der Waals surface area contributed by atoms with Gasteiger partial charge in [0.15, 0.2) is 0 Å². The van der Waals surface area contributed by atoms with Crippen LogP contribution >= 0.6 is 0 Å². The summed E-state index contributed by atoms with van der Waals surface area (Å²) < 4.78 is 0. The largest absolute Gasteiger partial charge is 0.337 e. The second-order valence-corrected chi connectivity index (χ2v) is 7.77. The molecule has 0 saturated carbocycles. The molecule has 5 rings (SSSR count). The smallest absolute Gasteiger partial charge is 0.274 e. The predicted octanol–water partition coefficient (Wildman–Crippen LogP) is 2.35. The third-order valence-electron chi connectivity index (χ3n) is 6.21. The van der Waals surface area contributed by atoms with E-state index in [1.165, 1.54) is 12.4 Å². The fraction of sp³-hybridized carbons (Fsp3) is 0.318. The number of H-pyrrole nitrogens is 1. The average Bonchev–Trinajstić information content (AvgIpc) is 3.13. The first kappa shape index (κ1) is 17.7. The van der Waals surface area contributed by atoms with Crippen LogP contribution in [0.5, 0.6) is 0 Å². The molecule has 1 aliphatic carbocycles. The van der Waals surface area contributed by atoms with Crippen LogP contribution in [-0.4, -0.2) is 43.8 Å². The van der Waals surface area contributed by atoms with Crippen LogP contribution < -0.4 is 5.56 Å². The number of rotatable bonds is 2. The van der Waals surface area contributed by atoms with Crippen LogP contribution in [0, 0.1) is 0 Å². The van der Waals surface area contributed by atoms with Crippen molar-refractivity contribution >= 4 is 5.91 Å². The molecule has 1 aromatic carbocycles. The van der Waals surface area contributed by atoms with Crippen molar-refractivity contribution in [2.75, 3.05) is 13.1 Å². The minimum Gasteiger partial charge on any atom is -0.337 e. The molecule has 0 radical (unpaired) electrons. The molecule has 3 heterocycles. The number of nitrogens with one attached hydrogen (secondary N) is 1. The van der Waals surface area contributed by atoms with Crippen molar-refractivity contribution in [1.29, 1.82) is 0 Å². The molecule has 7 nitrogen and oxygen atoms in total. The van der Waals surface area contributed by atoms with Gasteiger partial charge in [-0.05, 0) is 25.7 Å². The Kier molecular flexibility index (Phi) is 4.23. The first-order chi connectivity index (χ1) is 14.2. The maximum atomic E-state index is 12.7. The summed E-state index contributed by atoms with van der Waals surface area (Å²) in [7, 11) is 0. The molecular weight excluding hydrogens is 366 g/mol. The Hall–Kier alpha value is -3.35. The van der Waals surface area contributed by atoms with Crippen molar-refractivity contribution in [2.24, 2.45) is 0 Å². The van der Waals surface area contributed by atoms with E-state index in [0.29, 0.717) is 24.6 Å². The highest BCUT2D eigenvalue weighted by Crippen LogP contribution is 2.44. The second kappa shape index (κ2) is 6.92. The Labute approximate surface area is 167 Å². The van der Waals surface area contributed by atoms with E-state index in [0.717, 1.165) is 42.5 Å². The minimum absolute atomic E-state index is 0.0382. The summed E-state index contributed by atoms with van der Waals surface area (Å²) in [5, 5.41) is 0. The van der Waals surface area contributed by atoms with Crippen molar-refractivity contribution in [3.8, 4) is 11.4 Å². The number of piperidine rings is 1. The normalized spacial score (nSPS) is 17.3. The summed E-state index contributed by atoms with van der Waals surface area (Å²) >= 11 is 0. The molecule has 0 atom stereocenters. The highest BCUT2D eigenvalue weighted by atomic mass is 16.2. The van der Waals surface area contributed by atoms with Gasteiger partial charge in [0.25, 0.3) is 11.5 Å². The van der Waals surface area contributed by atoms with Gasteiger partial charge in [0.2, 0.25) is 0 Å². The van der Waals surface area contributed by atoms with E-state index in [1.54, 1.807) is 6.20 Å². The zero-order chi connectivity index (χ0) is 19.8. The Morgan fingerprint density at radius 1 is 1.07 bits per heavy atom. The Morgan fingerprint density at radius 2 is 1.86 bits per heavy atom. The number of hydrogen-bond donors (Lipinski definition) is 1. The van der Waals surface area contributed by atoms with Crippen LogP contribution in [0.3, 0.4) is 0 Å². The number of carbonyl (C=O) groups excluding carboxylic acids is 1. The van der Waals surface area contributed by atoms with Crippen LogP contribution in [0.4, 0.5) is 0 Å². The second-order valence-electron chi connectivity index (χ2n) is 7.77. The predicted molar refractivity (Wildman–Crippen MR) is 107 cm³/mol. The number of carbonyl (C=O) groups is 1. The highest BCUT2D eigenvalue weighted by Gasteiger charge is 2.44. The van der Waals surface area contributed by atoms with Gasteiger partial charge in [0.05, 0.1) is 11.9 Å². The molecule has 2 aliphatic rings. The molecule has 29 heavy (non-hydrogen) atoms. The Bertz CT molecular complexity index is 1100. The maximum absolute atomic E-state index is 12.7. The molecule has 7 heteroatoms. The van der Waals surface area contributed by atoms with Crippen molar-refractivity contribution < 1.29 is 4.79 Å². The molecule has 146 valence electrons. The maximum Gasteiger partial charge on any atom is 0.274 e. The topological polar surface area (TPSA) is 91.8 Å². The van der Waals surface area contributed by atoms with Gasteiger partial charge in [-0.1, -0.05) is 30.3 Å². The van der Waals surface area contributed by atoms with Crippen LogP contribution in [0.25, 0.3) is 11.4 Å². The molecule has 1 saturated heterocycles. The SMILES string of the molecule is O=C(c1cnccn1)N1CCC2(CCc3c2nc(-c2ccccc2)[nH]c3=O)CC1. The van der Waals surface area contributed by atoms with Gasteiger partial charge in [-0.3, -0.25) is 14.6 Å². The summed E-state index contributed by atoms with van der Waals surface area (Å²) in [4.78, 5) is 43.2. The van der Waals surface area contributed by atoms with Crippen molar-refractivity contribution in [1.82, 2.24) is 24.8 Å². The molecule has 1 spiro atoms. The molecule has 1 aliphatic heterocycles. The summed E-state index contributed by atoms with van der Waals surface area (Å²) in [5.41, 5.74) is 2.83. The van der Waals surface area contributed by atoms with Crippen LogP contribution in [0.15, 0.2) is 53.7 Å². The molecule has 1 amide bonds. The standard InChI is InChI=1S/C22H21N5O2/c28-20-16-6-7-22(18(16)25-19(26-20)15-4-2-1-3-5-15)8-12-27(13-9-22)21(29)17-14-23-10-11-24-17/h1-5,10-11,14H,6-9,12-13H2,(H,25,26,28). The molecule has 0 bridgehead atoms. The van der Waals surface area contributed by atoms with Crippen LogP contribution in [-0.2, 0) is 11.8 Å². The van der Waals surface area contributed by atoms with E-state index in [2.05, 4.69) is 15.0 Å². The summed E-state index contributed by atoms with van der Waals surface area (Å²) in [5.74, 6) is 0.531. The Balaban J connectivity index is 1.43. The first-order valence-corrected chi connectivity index (χ1v) is 9.91. The molecule has 0 unspecified atom stereocenters. The van der Waals surface area contributed by atoms with Crippen molar-refractivity contribution in [3.63, 3.8) is 0 Å². The number of likely N-dealkylation sites (tertiary alicyclic amines) is 1. The molecule has 1 N–H and O–H groups in total. The van der Waals surface area contributed by atoms with Gasteiger partial charge in [-0.15, -0.1) is 0 Å². The quantitative estimate of drug-likeness (QED) is 0.729. The van der Waals surface area contributed by atoms with Crippen molar-refractivity contribution in [2.45, 2.75) is 31.1 Å². The summed E-state index contributed by atoms with van der Waals surface area (Å²) in [6.45, 7) is 1.26. The van der Waals surface area contributed by atoms with Gasteiger partial charge in [0.1, 0.15) is 11.5 Å². The van der Waals surface area contributed by atoms with Gasteiger partial charge in [-0.2, -0.15) is 0 Å². The van der Waals surface area contributed by atoms with Gasteiger partial charge >= 0.3 is 0 Å². The molecule has 1 fully saturated rings. The van der Waals surface area contributed by atoms with Gasteiger partial charge in [-0.25, -0.2) is 9.97 Å². The highest BCUT2D eigenvalue weighted by molar-refractivity contribution is 5.92. The molecular formula is C22H21N5O2.